The summed E-state index contributed by atoms with van der Waals surface area (Å²) in [6, 6.07) is 0. The molecular weight excluding hydrogens is 300 g/mol. The van der Waals surface area contributed by atoms with Gasteiger partial charge in [0.25, 0.3) is 0 Å². The molecule has 1 N–H and O–H groups in total. The molecular formula is C21H34OS. The molecule has 0 aliphatic heterocycles. The zero-order valence-corrected chi connectivity index (χ0v) is 15.7. The van der Waals surface area contributed by atoms with E-state index in [0.29, 0.717) is 5.25 Å². The van der Waals surface area contributed by atoms with Crippen LogP contribution in [0.4, 0.5) is 0 Å². The van der Waals surface area contributed by atoms with E-state index in [0.717, 1.165) is 44.9 Å². The molecule has 1 nitrogen and oxygen atoms in total. The highest BCUT2D eigenvalue weighted by Crippen LogP contribution is 2.10. The first-order chi connectivity index (χ1) is 11.3. The molecule has 1 unspecified atom stereocenters. The smallest absolute Gasteiger partial charge is 0.0552 e. The van der Waals surface area contributed by atoms with Gasteiger partial charge in [-0.15, -0.1) is 0 Å². The molecule has 0 spiro atoms. The van der Waals surface area contributed by atoms with E-state index < -0.39 is 0 Å². The second kappa shape index (κ2) is 19.1. The minimum absolute atomic E-state index is 0.266. The Morgan fingerprint density at radius 1 is 0.739 bits per heavy atom. The molecule has 0 rings (SSSR count). The fourth-order valence-electron chi connectivity index (χ4n) is 1.90. The second-order valence-electron chi connectivity index (χ2n) is 5.33. The summed E-state index contributed by atoms with van der Waals surface area (Å²) in [6.07, 6.45) is 31.6. The number of aliphatic hydroxyl groups is 1. The average Bonchev–Trinajstić information content (AvgIpc) is 2.58. The van der Waals surface area contributed by atoms with Crippen molar-refractivity contribution in [2.45, 2.75) is 57.1 Å². The summed E-state index contributed by atoms with van der Waals surface area (Å²) in [4.78, 5) is 0. The van der Waals surface area contributed by atoms with Crippen LogP contribution in [0.15, 0.2) is 60.8 Å². The van der Waals surface area contributed by atoms with Crippen LogP contribution < -0.4 is 0 Å². The molecule has 130 valence electrons. The number of thioether (sulfide) groups is 1. The third kappa shape index (κ3) is 17.2. The van der Waals surface area contributed by atoms with Crippen molar-refractivity contribution in [1.82, 2.24) is 0 Å². The maximum Gasteiger partial charge on any atom is 0.0552 e. The van der Waals surface area contributed by atoms with Gasteiger partial charge >= 0.3 is 0 Å². The summed E-state index contributed by atoms with van der Waals surface area (Å²) >= 11 is 1.73. The van der Waals surface area contributed by atoms with Gasteiger partial charge in [0.1, 0.15) is 0 Å². The highest BCUT2D eigenvalue weighted by atomic mass is 32.2. The molecule has 0 radical (unpaired) electrons. The van der Waals surface area contributed by atoms with E-state index in [1.54, 1.807) is 11.8 Å². The quantitative estimate of drug-likeness (QED) is 0.299. The van der Waals surface area contributed by atoms with Gasteiger partial charge in [0, 0.05) is 5.25 Å². The first kappa shape index (κ1) is 22.0. The van der Waals surface area contributed by atoms with Crippen LogP contribution in [0, 0.1) is 0 Å². The Hall–Kier alpha value is -0.990. The first-order valence-electron chi connectivity index (χ1n) is 8.73. The van der Waals surface area contributed by atoms with E-state index in [1.807, 2.05) is 6.26 Å². The molecule has 1 atom stereocenters. The van der Waals surface area contributed by atoms with Crippen LogP contribution in [0.1, 0.15) is 51.9 Å². The Morgan fingerprint density at radius 3 is 1.70 bits per heavy atom. The van der Waals surface area contributed by atoms with Crippen molar-refractivity contribution in [1.29, 1.82) is 0 Å². The van der Waals surface area contributed by atoms with Gasteiger partial charge < -0.3 is 5.11 Å². The Bertz CT molecular complexity index is 373. The van der Waals surface area contributed by atoms with E-state index >= 15 is 0 Å². The molecule has 0 aromatic rings. The highest BCUT2D eigenvalue weighted by Gasteiger charge is 2.00. The Labute approximate surface area is 148 Å². The van der Waals surface area contributed by atoms with Crippen LogP contribution in [0.3, 0.4) is 0 Å². The predicted octanol–water partition coefficient (Wildman–Crippen LogP) is 6.24. The van der Waals surface area contributed by atoms with Crippen LogP contribution in [-0.2, 0) is 0 Å². The number of hydrogen-bond donors (Lipinski definition) is 1. The van der Waals surface area contributed by atoms with Gasteiger partial charge in [-0.3, -0.25) is 0 Å². The lowest BCUT2D eigenvalue weighted by atomic mass is 10.2. The van der Waals surface area contributed by atoms with Crippen LogP contribution in [0.25, 0.3) is 0 Å². The maximum absolute atomic E-state index is 9.07. The minimum Gasteiger partial charge on any atom is -0.395 e. The molecule has 0 bridgehead atoms. The van der Waals surface area contributed by atoms with Crippen molar-refractivity contribution < 1.29 is 5.11 Å². The van der Waals surface area contributed by atoms with Gasteiger partial charge in [-0.05, 0) is 51.2 Å². The van der Waals surface area contributed by atoms with Crippen molar-refractivity contribution in [3.63, 3.8) is 0 Å². The Balaban J connectivity index is 3.51. The normalized spacial score (nSPS) is 14.4. The second-order valence-corrected chi connectivity index (χ2v) is 6.46. The van der Waals surface area contributed by atoms with E-state index in [9.17, 15) is 0 Å². The van der Waals surface area contributed by atoms with Gasteiger partial charge in [0.05, 0.1) is 6.61 Å². The molecule has 0 amide bonds. The molecule has 0 aliphatic carbocycles. The van der Waals surface area contributed by atoms with Gasteiger partial charge in [-0.2, -0.15) is 11.8 Å². The van der Waals surface area contributed by atoms with Crippen molar-refractivity contribution >= 4 is 11.8 Å². The third-order valence-electron chi connectivity index (χ3n) is 3.32. The van der Waals surface area contributed by atoms with E-state index in [-0.39, 0.29) is 6.61 Å². The Morgan fingerprint density at radius 2 is 1.22 bits per heavy atom. The predicted molar refractivity (Wildman–Crippen MR) is 108 cm³/mol. The summed E-state index contributed by atoms with van der Waals surface area (Å²) in [5.41, 5.74) is 0. The zero-order valence-electron chi connectivity index (χ0n) is 14.9. The maximum atomic E-state index is 9.07. The molecule has 0 saturated carbocycles. The number of aliphatic hydroxyl groups excluding tert-OH is 1. The van der Waals surface area contributed by atoms with E-state index in [2.05, 4.69) is 67.7 Å². The van der Waals surface area contributed by atoms with Gasteiger partial charge in [-0.1, -0.05) is 67.7 Å². The van der Waals surface area contributed by atoms with Gasteiger partial charge in [0.2, 0.25) is 0 Å². The van der Waals surface area contributed by atoms with E-state index in [1.165, 1.54) is 0 Å². The third-order valence-corrected chi connectivity index (χ3v) is 4.33. The fraction of sp³-hybridized carbons (Fsp3) is 0.524. The largest absolute Gasteiger partial charge is 0.395 e. The number of allylic oxidation sites excluding steroid dienone is 10. The average molecular weight is 335 g/mol. The lowest BCUT2D eigenvalue weighted by molar-refractivity contribution is 0.295. The monoisotopic (exact) mass is 334 g/mol. The number of unbranched alkanes of at least 4 members (excludes halogenated alkanes) is 1. The summed E-state index contributed by atoms with van der Waals surface area (Å²) < 4.78 is 0. The van der Waals surface area contributed by atoms with Crippen molar-refractivity contribution in [3.05, 3.63) is 60.8 Å². The highest BCUT2D eigenvalue weighted by molar-refractivity contribution is 7.99. The summed E-state index contributed by atoms with van der Waals surface area (Å²) in [7, 11) is 0. The minimum atomic E-state index is 0.266. The molecule has 0 aromatic carbocycles. The summed E-state index contributed by atoms with van der Waals surface area (Å²) in [6.45, 7) is 2.42. The molecule has 0 heterocycles. The SMILES string of the molecule is CCC=CCC=CCC=CCC=CCCC=CCC(CO)SC. The molecule has 0 saturated heterocycles. The van der Waals surface area contributed by atoms with Crippen molar-refractivity contribution in [3.8, 4) is 0 Å². The number of rotatable bonds is 14. The summed E-state index contributed by atoms with van der Waals surface area (Å²) in [5.74, 6) is 0. The standard InChI is InChI=1S/C21H34OS/c1-3-4-5-6-7-8-9-10-11-12-13-14-15-16-17-18-19-21(20-22)23-2/h4-5,7-8,10-11,13-14,17-18,21-22H,3,6,9,12,15-16,19-20H2,1-2H3. The van der Waals surface area contributed by atoms with Gasteiger partial charge in [0.15, 0.2) is 0 Å². The van der Waals surface area contributed by atoms with Crippen LogP contribution in [-0.4, -0.2) is 23.2 Å². The van der Waals surface area contributed by atoms with Crippen molar-refractivity contribution in [2.75, 3.05) is 12.9 Å². The molecule has 23 heavy (non-hydrogen) atoms. The van der Waals surface area contributed by atoms with E-state index in [4.69, 9.17) is 5.11 Å². The lowest BCUT2D eigenvalue weighted by Crippen LogP contribution is -2.05. The van der Waals surface area contributed by atoms with Crippen molar-refractivity contribution in [2.24, 2.45) is 0 Å². The zero-order chi connectivity index (χ0) is 17.0. The van der Waals surface area contributed by atoms with Gasteiger partial charge in [-0.25, -0.2) is 0 Å². The topological polar surface area (TPSA) is 20.2 Å². The summed E-state index contributed by atoms with van der Waals surface area (Å²) in [5, 5.41) is 9.42. The Kier molecular flexibility index (Phi) is 18.2. The molecule has 0 fully saturated rings. The molecule has 0 aromatic heterocycles. The fourth-order valence-corrected chi connectivity index (χ4v) is 2.35. The first-order valence-corrected chi connectivity index (χ1v) is 10.0. The van der Waals surface area contributed by atoms with Crippen LogP contribution in [0.2, 0.25) is 0 Å². The molecule has 2 heteroatoms. The van der Waals surface area contributed by atoms with Crippen LogP contribution in [0.5, 0.6) is 0 Å². The molecule has 0 aliphatic rings. The van der Waals surface area contributed by atoms with Crippen LogP contribution >= 0.6 is 11.8 Å². The lowest BCUT2D eigenvalue weighted by Gasteiger charge is -2.06. The number of hydrogen-bond acceptors (Lipinski definition) is 2.